The fraction of sp³-hybridized carbons (Fsp3) is 0.0556. The van der Waals surface area contributed by atoms with E-state index in [1.54, 1.807) is 30.3 Å². The lowest BCUT2D eigenvalue weighted by atomic mass is 9.98. The van der Waals surface area contributed by atoms with Crippen LogP contribution >= 0.6 is 0 Å². The Balaban J connectivity index is 2.09. The molecule has 0 heterocycles. The predicted octanol–water partition coefficient (Wildman–Crippen LogP) is 4.22. The first-order valence-corrected chi connectivity index (χ1v) is 6.62. The number of carboxylic acid groups (broad SMARTS) is 1. The van der Waals surface area contributed by atoms with Gasteiger partial charge in [-0.1, -0.05) is 30.3 Å². The number of aryl methyl sites for hydroxylation is 1. The van der Waals surface area contributed by atoms with Crippen molar-refractivity contribution in [1.29, 1.82) is 0 Å². The van der Waals surface area contributed by atoms with Gasteiger partial charge in [-0.2, -0.15) is 0 Å². The highest BCUT2D eigenvalue weighted by atomic mass is 16.4. The van der Waals surface area contributed by atoms with Gasteiger partial charge in [-0.3, -0.25) is 0 Å². The predicted molar refractivity (Wildman–Crippen MR) is 82.7 cm³/mol. The van der Waals surface area contributed by atoms with E-state index in [4.69, 9.17) is 5.11 Å². The number of phenolic OH excluding ortho intramolecular Hbond substituents is 1. The molecule has 0 radical (unpaired) electrons. The van der Waals surface area contributed by atoms with Gasteiger partial charge in [0.25, 0.3) is 0 Å². The van der Waals surface area contributed by atoms with Gasteiger partial charge in [0, 0.05) is 0 Å². The van der Waals surface area contributed by atoms with Gasteiger partial charge < -0.3 is 10.2 Å². The number of fused-ring (bicyclic) bond motifs is 1. The van der Waals surface area contributed by atoms with Crippen molar-refractivity contribution < 1.29 is 15.0 Å². The summed E-state index contributed by atoms with van der Waals surface area (Å²) in [5.41, 5.74) is 3.12. The van der Waals surface area contributed by atoms with Gasteiger partial charge in [-0.25, -0.2) is 4.79 Å². The third-order valence-electron chi connectivity index (χ3n) is 3.73. The molecule has 3 nitrogen and oxygen atoms in total. The highest BCUT2D eigenvalue weighted by Crippen LogP contribution is 2.30. The van der Waals surface area contributed by atoms with E-state index in [0.29, 0.717) is 5.75 Å². The number of carbonyl (C=O) groups is 1. The second-order valence-corrected chi connectivity index (χ2v) is 5.03. The Bertz CT molecular complexity index is 833. The fourth-order valence-electron chi connectivity index (χ4n) is 2.46. The zero-order chi connectivity index (χ0) is 15.0. The van der Waals surface area contributed by atoms with Crippen LogP contribution in [0.25, 0.3) is 21.9 Å². The van der Waals surface area contributed by atoms with Crippen LogP contribution in [0.4, 0.5) is 0 Å². The Morgan fingerprint density at radius 2 is 1.57 bits per heavy atom. The van der Waals surface area contributed by atoms with Crippen molar-refractivity contribution in [2.24, 2.45) is 0 Å². The van der Waals surface area contributed by atoms with Crippen molar-refractivity contribution in [1.82, 2.24) is 0 Å². The van der Waals surface area contributed by atoms with E-state index in [2.05, 4.69) is 0 Å². The van der Waals surface area contributed by atoms with Crippen LogP contribution in [0.5, 0.6) is 5.75 Å². The second kappa shape index (κ2) is 4.94. The number of aromatic carboxylic acids is 1. The largest absolute Gasteiger partial charge is 0.508 e. The molecular formula is C18H14O3. The molecule has 0 aromatic heterocycles. The molecular weight excluding hydrogens is 264 g/mol. The van der Waals surface area contributed by atoms with Gasteiger partial charge in [-0.05, 0) is 58.7 Å². The Labute approximate surface area is 122 Å². The summed E-state index contributed by atoms with van der Waals surface area (Å²) in [7, 11) is 0. The first-order valence-electron chi connectivity index (χ1n) is 6.62. The quantitative estimate of drug-likeness (QED) is 0.738. The zero-order valence-electron chi connectivity index (χ0n) is 11.5. The minimum absolute atomic E-state index is 0.278. The lowest BCUT2D eigenvalue weighted by Crippen LogP contribution is -1.94. The first-order chi connectivity index (χ1) is 10.1. The highest BCUT2D eigenvalue weighted by molar-refractivity contribution is 5.92. The lowest BCUT2D eigenvalue weighted by molar-refractivity contribution is 0.0697. The summed E-state index contributed by atoms with van der Waals surface area (Å²) >= 11 is 0. The number of phenols is 1. The van der Waals surface area contributed by atoms with Crippen molar-refractivity contribution in [3.63, 3.8) is 0 Å². The molecule has 0 atom stereocenters. The van der Waals surface area contributed by atoms with Crippen LogP contribution in [0, 0.1) is 6.92 Å². The standard InChI is InChI=1S/C18H14O3/c1-11-16-8-6-14(10-15(16)7-9-17(11)19)12-2-4-13(5-3-12)18(20)21/h2-10,19H,1H3,(H,20,21). The Morgan fingerprint density at radius 3 is 2.24 bits per heavy atom. The van der Waals surface area contributed by atoms with Crippen LogP contribution in [-0.4, -0.2) is 16.2 Å². The summed E-state index contributed by atoms with van der Waals surface area (Å²) in [6, 6.07) is 16.4. The summed E-state index contributed by atoms with van der Waals surface area (Å²) in [4.78, 5) is 10.9. The summed E-state index contributed by atoms with van der Waals surface area (Å²) in [6.07, 6.45) is 0. The smallest absolute Gasteiger partial charge is 0.335 e. The van der Waals surface area contributed by atoms with Gasteiger partial charge in [0.2, 0.25) is 0 Å². The van der Waals surface area contributed by atoms with E-state index in [1.807, 2.05) is 31.2 Å². The van der Waals surface area contributed by atoms with E-state index in [-0.39, 0.29) is 5.56 Å². The minimum Gasteiger partial charge on any atom is -0.508 e. The number of benzene rings is 3. The van der Waals surface area contributed by atoms with Crippen molar-refractivity contribution >= 4 is 16.7 Å². The molecule has 2 N–H and O–H groups in total. The zero-order valence-corrected chi connectivity index (χ0v) is 11.5. The number of aromatic hydroxyl groups is 1. The molecule has 0 bridgehead atoms. The maximum absolute atomic E-state index is 10.9. The molecule has 3 aromatic rings. The van der Waals surface area contributed by atoms with Gasteiger partial charge in [0.15, 0.2) is 0 Å². The van der Waals surface area contributed by atoms with Crippen molar-refractivity contribution in [2.45, 2.75) is 6.92 Å². The highest BCUT2D eigenvalue weighted by Gasteiger charge is 2.06. The summed E-state index contributed by atoms with van der Waals surface area (Å²) in [5, 5.41) is 20.7. The number of carboxylic acids is 1. The number of hydrogen-bond donors (Lipinski definition) is 2. The third kappa shape index (κ3) is 2.34. The van der Waals surface area contributed by atoms with Gasteiger partial charge >= 0.3 is 5.97 Å². The van der Waals surface area contributed by atoms with Crippen LogP contribution in [0.1, 0.15) is 15.9 Å². The lowest BCUT2D eigenvalue weighted by Gasteiger charge is -2.08. The van der Waals surface area contributed by atoms with E-state index in [0.717, 1.165) is 27.5 Å². The number of rotatable bonds is 2. The summed E-state index contributed by atoms with van der Waals surface area (Å²) in [5.74, 6) is -0.632. The molecule has 3 aromatic carbocycles. The third-order valence-corrected chi connectivity index (χ3v) is 3.73. The molecule has 0 aliphatic carbocycles. The van der Waals surface area contributed by atoms with Crippen molar-refractivity contribution in [3.05, 3.63) is 65.7 Å². The average molecular weight is 278 g/mol. The molecule has 0 amide bonds. The molecule has 3 rings (SSSR count). The summed E-state index contributed by atoms with van der Waals surface area (Å²) < 4.78 is 0. The van der Waals surface area contributed by atoms with Gasteiger partial charge in [0.05, 0.1) is 5.56 Å². The normalized spacial score (nSPS) is 10.7. The molecule has 3 heteroatoms. The van der Waals surface area contributed by atoms with E-state index < -0.39 is 5.97 Å². The Hall–Kier alpha value is -2.81. The Kier molecular flexibility index (Phi) is 3.10. The second-order valence-electron chi connectivity index (χ2n) is 5.03. The molecule has 0 spiro atoms. The van der Waals surface area contributed by atoms with Crippen LogP contribution < -0.4 is 0 Å². The molecule has 0 saturated heterocycles. The van der Waals surface area contributed by atoms with E-state index in [1.165, 1.54) is 0 Å². The molecule has 104 valence electrons. The molecule has 0 saturated carbocycles. The van der Waals surface area contributed by atoms with Crippen molar-refractivity contribution in [3.8, 4) is 16.9 Å². The van der Waals surface area contributed by atoms with Crippen LogP contribution in [0.2, 0.25) is 0 Å². The average Bonchev–Trinajstić information content (AvgIpc) is 2.51. The minimum atomic E-state index is -0.925. The van der Waals surface area contributed by atoms with Gasteiger partial charge in [0.1, 0.15) is 5.75 Å². The SMILES string of the molecule is Cc1c(O)ccc2cc(-c3ccc(C(=O)O)cc3)ccc12. The molecule has 0 aliphatic heterocycles. The van der Waals surface area contributed by atoms with Crippen LogP contribution in [-0.2, 0) is 0 Å². The Morgan fingerprint density at radius 1 is 0.905 bits per heavy atom. The monoisotopic (exact) mass is 278 g/mol. The molecule has 0 fully saturated rings. The molecule has 0 aliphatic rings. The fourth-order valence-corrected chi connectivity index (χ4v) is 2.46. The first kappa shape index (κ1) is 13.2. The van der Waals surface area contributed by atoms with Crippen molar-refractivity contribution in [2.75, 3.05) is 0 Å². The van der Waals surface area contributed by atoms with E-state index in [9.17, 15) is 9.90 Å². The molecule has 0 unspecified atom stereocenters. The van der Waals surface area contributed by atoms with Crippen LogP contribution in [0.15, 0.2) is 54.6 Å². The molecule has 21 heavy (non-hydrogen) atoms. The van der Waals surface area contributed by atoms with Gasteiger partial charge in [-0.15, -0.1) is 0 Å². The van der Waals surface area contributed by atoms with Crippen LogP contribution in [0.3, 0.4) is 0 Å². The maximum Gasteiger partial charge on any atom is 0.335 e. The number of hydrogen-bond acceptors (Lipinski definition) is 2. The van der Waals surface area contributed by atoms with E-state index >= 15 is 0 Å². The topological polar surface area (TPSA) is 57.5 Å². The maximum atomic E-state index is 10.9. The summed E-state index contributed by atoms with van der Waals surface area (Å²) in [6.45, 7) is 1.89.